The Morgan fingerprint density at radius 1 is 0.900 bits per heavy atom. The average Bonchev–Trinajstić information content (AvgIpc) is 3.37. The predicted octanol–water partition coefficient (Wildman–Crippen LogP) is 9.67. The first-order valence-electron chi connectivity index (χ1n) is 18.3. The fourth-order valence-electron chi connectivity index (χ4n) is 8.18. The molecule has 264 valence electrons. The molecule has 0 radical (unpaired) electrons. The molecule has 4 aliphatic rings. The quantitative estimate of drug-likeness (QED) is 0.138. The highest BCUT2D eigenvalue weighted by Crippen LogP contribution is 2.61. The molecule has 6 unspecified atom stereocenters. The Morgan fingerprint density at radius 3 is 2.40 bits per heavy atom. The Hall–Kier alpha value is -4.29. The molecular formula is C44H52O6. The van der Waals surface area contributed by atoms with Gasteiger partial charge in [-0.2, -0.15) is 0 Å². The number of allylic oxidation sites excluding steroid dienone is 7. The van der Waals surface area contributed by atoms with E-state index in [-0.39, 0.29) is 29.1 Å². The number of hydrogen-bond acceptors (Lipinski definition) is 6. The summed E-state index contributed by atoms with van der Waals surface area (Å²) in [5.41, 5.74) is 2.03. The SMILES string of the molecule is CCOC(=O)CCC1C(OCCCOC2(C)C=C(OCc3ccccc3)C(c3ccccc3)=CC2CC)=CC=C2OC3(C)C=CC=CC3C21C. The van der Waals surface area contributed by atoms with Crippen LogP contribution in [0.15, 0.2) is 127 Å². The van der Waals surface area contributed by atoms with Crippen molar-refractivity contribution < 1.29 is 28.5 Å². The van der Waals surface area contributed by atoms with Crippen LogP contribution in [-0.2, 0) is 35.1 Å². The van der Waals surface area contributed by atoms with E-state index >= 15 is 0 Å². The van der Waals surface area contributed by atoms with Gasteiger partial charge in [-0.15, -0.1) is 0 Å². The second-order valence-electron chi connectivity index (χ2n) is 14.3. The van der Waals surface area contributed by atoms with Crippen molar-refractivity contribution in [2.45, 2.75) is 78.1 Å². The zero-order valence-corrected chi connectivity index (χ0v) is 30.2. The van der Waals surface area contributed by atoms with Gasteiger partial charge in [0.1, 0.15) is 29.5 Å². The van der Waals surface area contributed by atoms with E-state index in [4.69, 9.17) is 23.7 Å². The van der Waals surface area contributed by atoms with E-state index in [0.29, 0.717) is 45.7 Å². The zero-order chi connectivity index (χ0) is 35.2. The lowest BCUT2D eigenvalue weighted by molar-refractivity contribution is -0.143. The average molecular weight is 677 g/mol. The summed E-state index contributed by atoms with van der Waals surface area (Å²) in [6.45, 7) is 12.5. The minimum absolute atomic E-state index is 0.0371. The van der Waals surface area contributed by atoms with Gasteiger partial charge in [0.2, 0.25) is 0 Å². The van der Waals surface area contributed by atoms with Gasteiger partial charge in [-0.1, -0.05) is 98.8 Å². The van der Waals surface area contributed by atoms with Crippen LogP contribution < -0.4 is 0 Å². The molecule has 1 fully saturated rings. The van der Waals surface area contributed by atoms with Crippen LogP contribution >= 0.6 is 0 Å². The first kappa shape index (κ1) is 35.5. The van der Waals surface area contributed by atoms with Gasteiger partial charge in [-0.25, -0.2) is 0 Å². The van der Waals surface area contributed by atoms with Crippen LogP contribution in [0.1, 0.15) is 71.4 Å². The summed E-state index contributed by atoms with van der Waals surface area (Å²) in [6, 6.07) is 20.7. The number of rotatable bonds is 15. The topological polar surface area (TPSA) is 63.2 Å². The number of fused-ring (bicyclic) bond motifs is 3. The van der Waals surface area contributed by atoms with Crippen molar-refractivity contribution in [3.8, 4) is 0 Å². The minimum atomic E-state index is -0.539. The second-order valence-corrected chi connectivity index (χ2v) is 14.3. The number of carbonyl (C=O) groups is 1. The highest BCUT2D eigenvalue weighted by atomic mass is 16.5. The Labute approximate surface area is 298 Å². The minimum Gasteiger partial charge on any atom is -0.498 e. The third-order valence-corrected chi connectivity index (χ3v) is 10.9. The Kier molecular flexibility index (Phi) is 10.9. The van der Waals surface area contributed by atoms with Crippen LogP contribution in [0.5, 0.6) is 0 Å². The van der Waals surface area contributed by atoms with Crippen molar-refractivity contribution in [1.82, 2.24) is 0 Å². The molecule has 1 aliphatic heterocycles. The summed E-state index contributed by atoms with van der Waals surface area (Å²) >= 11 is 0. The molecule has 0 aromatic heterocycles. The molecule has 50 heavy (non-hydrogen) atoms. The van der Waals surface area contributed by atoms with E-state index in [0.717, 1.165) is 40.4 Å². The number of benzene rings is 2. The summed E-state index contributed by atoms with van der Waals surface area (Å²) in [4.78, 5) is 12.5. The number of hydrogen-bond donors (Lipinski definition) is 0. The van der Waals surface area contributed by atoms with Crippen molar-refractivity contribution in [3.05, 3.63) is 138 Å². The second kappa shape index (κ2) is 15.3. The molecule has 6 heteroatoms. The Bertz CT molecular complexity index is 1680. The van der Waals surface area contributed by atoms with Crippen LogP contribution in [0.2, 0.25) is 0 Å². The van der Waals surface area contributed by atoms with E-state index < -0.39 is 11.2 Å². The van der Waals surface area contributed by atoms with Crippen LogP contribution in [0.25, 0.3) is 5.57 Å². The van der Waals surface area contributed by atoms with Gasteiger partial charge >= 0.3 is 5.97 Å². The predicted molar refractivity (Wildman–Crippen MR) is 197 cm³/mol. The standard InChI is InChI=1S/C44H52O6/c1-6-34-29-35(33-19-12-9-13-20-33)38(48-31-32-17-10-8-11-18-32)30-43(34,4)49-28-16-27-47-37-23-24-40-44(5,36(37)22-25-41(45)46-7-2)39-21-14-15-26-42(39,3)50-40/h8-15,17-21,23-24,26,29-30,34,36,39H,6-7,16,22,25,27-28,31H2,1-5H3. The van der Waals surface area contributed by atoms with E-state index in [1.54, 1.807) is 0 Å². The molecule has 1 heterocycles. The van der Waals surface area contributed by atoms with E-state index in [1.807, 2.05) is 37.3 Å². The van der Waals surface area contributed by atoms with Crippen LogP contribution in [0, 0.1) is 23.2 Å². The van der Waals surface area contributed by atoms with Crippen molar-refractivity contribution in [2.75, 3.05) is 19.8 Å². The van der Waals surface area contributed by atoms with Gasteiger partial charge in [0.25, 0.3) is 0 Å². The lowest BCUT2D eigenvalue weighted by atomic mass is 9.60. The number of esters is 1. The van der Waals surface area contributed by atoms with E-state index in [1.165, 1.54) is 0 Å². The Balaban J connectivity index is 1.14. The van der Waals surface area contributed by atoms with Gasteiger partial charge < -0.3 is 23.7 Å². The first-order valence-corrected chi connectivity index (χ1v) is 18.3. The maximum atomic E-state index is 12.5. The molecule has 6 rings (SSSR count). The van der Waals surface area contributed by atoms with Crippen LogP contribution in [-0.4, -0.2) is 37.0 Å². The lowest BCUT2D eigenvalue weighted by Crippen LogP contribution is -2.42. The molecule has 0 bridgehead atoms. The van der Waals surface area contributed by atoms with Crippen LogP contribution in [0.3, 0.4) is 0 Å². The van der Waals surface area contributed by atoms with Gasteiger partial charge in [0.05, 0.1) is 25.4 Å². The maximum Gasteiger partial charge on any atom is 0.305 e. The van der Waals surface area contributed by atoms with E-state index in [2.05, 4.69) is 107 Å². The monoisotopic (exact) mass is 676 g/mol. The smallest absolute Gasteiger partial charge is 0.305 e. The molecule has 0 amide bonds. The largest absolute Gasteiger partial charge is 0.498 e. The molecule has 0 N–H and O–H groups in total. The normalized spacial score (nSPS) is 29.4. The fraction of sp³-hybridized carbons (Fsp3) is 0.432. The molecule has 3 aliphatic carbocycles. The fourth-order valence-corrected chi connectivity index (χ4v) is 8.18. The molecule has 1 saturated heterocycles. The highest BCUT2D eigenvalue weighted by Gasteiger charge is 2.60. The molecule has 0 spiro atoms. The van der Waals surface area contributed by atoms with E-state index in [9.17, 15) is 4.79 Å². The lowest BCUT2D eigenvalue weighted by Gasteiger charge is -2.41. The van der Waals surface area contributed by atoms with Gasteiger partial charge in [-0.05, 0) is 69.0 Å². The van der Waals surface area contributed by atoms with Crippen molar-refractivity contribution >= 4 is 11.5 Å². The third kappa shape index (κ3) is 7.27. The number of carbonyl (C=O) groups excluding carboxylic acids is 1. The summed E-state index contributed by atoms with van der Waals surface area (Å²) in [5, 5.41) is 0. The first-order chi connectivity index (χ1) is 24.2. The number of ether oxygens (including phenoxy) is 5. The molecular weight excluding hydrogens is 624 g/mol. The summed E-state index contributed by atoms with van der Waals surface area (Å²) in [6.07, 6.45) is 19.7. The van der Waals surface area contributed by atoms with Crippen molar-refractivity contribution in [1.29, 1.82) is 0 Å². The molecule has 2 aromatic carbocycles. The third-order valence-electron chi connectivity index (χ3n) is 10.9. The molecule has 0 saturated carbocycles. The van der Waals surface area contributed by atoms with Gasteiger partial charge in [0.15, 0.2) is 0 Å². The Morgan fingerprint density at radius 2 is 1.66 bits per heavy atom. The summed E-state index contributed by atoms with van der Waals surface area (Å²) in [5.74, 6) is 2.74. The van der Waals surface area contributed by atoms with Gasteiger partial charge in [0, 0.05) is 41.6 Å². The maximum absolute atomic E-state index is 12.5. The molecule has 2 aromatic rings. The van der Waals surface area contributed by atoms with Crippen molar-refractivity contribution in [3.63, 3.8) is 0 Å². The molecule has 6 atom stereocenters. The highest BCUT2D eigenvalue weighted by molar-refractivity contribution is 5.79. The zero-order valence-electron chi connectivity index (χ0n) is 30.2. The summed E-state index contributed by atoms with van der Waals surface area (Å²) in [7, 11) is 0. The summed E-state index contributed by atoms with van der Waals surface area (Å²) < 4.78 is 31.7. The van der Waals surface area contributed by atoms with Gasteiger partial charge in [-0.3, -0.25) is 4.79 Å². The van der Waals surface area contributed by atoms with Crippen molar-refractivity contribution in [2.24, 2.45) is 23.2 Å². The molecule has 6 nitrogen and oxygen atoms in total. The van der Waals surface area contributed by atoms with Crippen LogP contribution in [0.4, 0.5) is 0 Å².